The number of alkyl carbamates (subject to hydrolysis) is 1. The van der Waals surface area contributed by atoms with Crippen molar-refractivity contribution in [3.05, 3.63) is 34.9 Å². The Bertz CT molecular complexity index is 594. The van der Waals surface area contributed by atoms with Crippen molar-refractivity contribution in [3.63, 3.8) is 0 Å². The van der Waals surface area contributed by atoms with Crippen LogP contribution in [0.25, 0.3) is 0 Å². The van der Waals surface area contributed by atoms with Crippen LogP contribution in [0.1, 0.15) is 26.3 Å². The summed E-state index contributed by atoms with van der Waals surface area (Å²) in [4.78, 5) is 23.9. The molecule has 0 spiro atoms. The van der Waals surface area contributed by atoms with Crippen LogP contribution in [0.5, 0.6) is 0 Å². The summed E-state index contributed by atoms with van der Waals surface area (Å²) in [6.07, 6.45) is -0.909. The van der Waals surface area contributed by atoms with Crippen molar-refractivity contribution >= 4 is 23.6 Å². The summed E-state index contributed by atoms with van der Waals surface area (Å²) in [6, 6.07) is 5.44. The largest absolute Gasteiger partial charge is 0.444 e. The number of alkyl halides is 2. The molecule has 6 nitrogen and oxygen atoms in total. The third-order valence-corrected chi connectivity index (χ3v) is 2.99. The summed E-state index contributed by atoms with van der Waals surface area (Å²) in [5.74, 6) is -0.688. The van der Waals surface area contributed by atoms with Gasteiger partial charge < -0.3 is 20.1 Å². The number of halogens is 3. The van der Waals surface area contributed by atoms with E-state index in [4.69, 9.17) is 16.3 Å². The van der Waals surface area contributed by atoms with Gasteiger partial charge in [-0.2, -0.15) is 8.78 Å². The first-order chi connectivity index (χ1) is 11.6. The van der Waals surface area contributed by atoms with E-state index < -0.39 is 36.9 Å². The Morgan fingerprint density at radius 1 is 1.28 bits per heavy atom. The van der Waals surface area contributed by atoms with E-state index in [2.05, 4.69) is 15.4 Å². The molecular weight excluding hydrogens is 358 g/mol. The molecule has 9 heteroatoms. The second-order valence-corrected chi connectivity index (χ2v) is 6.58. The minimum absolute atomic E-state index is 0.112. The lowest BCUT2D eigenvalue weighted by molar-refractivity contribution is -0.143. The topological polar surface area (TPSA) is 76.7 Å². The van der Waals surface area contributed by atoms with Gasteiger partial charge in [-0.15, -0.1) is 0 Å². The number of rotatable bonds is 7. The Morgan fingerprint density at radius 3 is 2.52 bits per heavy atom. The van der Waals surface area contributed by atoms with Crippen molar-refractivity contribution in [2.45, 2.75) is 45.6 Å². The molecule has 1 atom stereocenters. The quantitative estimate of drug-likeness (QED) is 0.764. The molecule has 0 aliphatic carbocycles. The Hall–Kier alpha value is -1.93. The van der Waals surface area contributed by atoms with Gasteiger partial charge in [0, 0.05) is 11.6 Å². The smallest absolute Gasteiger partial charge is 0.408 e. The van der Waals surface area contributed by atoms with E-state index in [1.165, 1.54) is 0 Å². The van der Waals surface area contributed by atoms with Crippen molar-refractivity contribution < 1.29 is 27.8 Å². The van der Waals surface area contributed by atoms with Crippen LogP contribution in [0, 0.1) is 0 Å². The molecule has 0 bridgehead atoms. The molecule has 0 aliphatic rings. The van der Waals surface area contributed by atoms with E-state index in [1.54, 1.807) is 45.0 Å². The Morgan fingerprint density at radius 2 is 1.96 bits per heavy atom. The highest BCUT2D eigenvalue weighted by atomic mass is 35.5. The lowest BCUT2D eigenvalue weighted by Crippen LogP contribution is -2.50. The number of hydrogen-bond acceptors (Lipinski definition) is 4. The summed E-state index contributed by atoms with van der Waals surface area (Å²) < 4.78 is 33.7. The highest BCUT2D eigenvalue weighted by Gasteiger charge is 2.25. The first-order valence-corrected chi connectivity index (χ1v) is 7.86. The molecule has 0 heterocycles. The molecule has 0 unspecified atom stereocenters. The number of hydrogen-bond donors (Lipinski definition) is 2. The molecule has 0 aliphatic heterocycles. The zero-order valence-corrected chi connectivity index (χ0v) is 14.9. The van der Waals surface area contributed by atoms with Gasteiger partial charge in [0.1, 0.15) is 11.6 Å². The first-order valence-electron chi connectivity index (χ1n) is 7.48. The average Bonchev–Trinajstić information content (AvgIpc) is 2.47. The van der Waals surface area contributed by atoms with Crippen LogP contribution >= 0.6 is 11.6 Å². The van der Waals surface area contributed by atoms with E-state index in [-0.39, 0.29) is 6.54 Å². The van der Waals surface area contributed by atoms with Gasteiger partial charge in [-0.1, -0.05) is 23.7 Å². The molecule has 1 aromatic rings. The zero-order chi connectivity index (χ0) is 19.0. The zero-order valence-electron chi connectivity index (χ0n) is 14.1. The Kier molecular flexibility index (Phi) is 8.05. The van der Waals surface area contributed by atoms with Crippen molar-refractivity contribution in [1.82, 2.24) is 10.6 Å². The molecule has 0 aromatic heterocycles. The lowest BCUT2D eigenvalue weighted by atomic mass is 10.2. The van der Waals surface area contributed by atoms with Gasteiger partial charge in [-0.3, -0.25) is 4.79 Å². The second-order valence-electron chi connectivity index (χ2n) is 6.14. The number of carbonyl (C=O) groups excluding carboxylic acids is 2. The molecule has 1 aromatic carbocycles. The van der Waals surface area contributed by atoms with Gasteiger partial charge in [0.2, 0.25) is 5.91 Å². The minimum atomic E-state index is -3.07. The maximum atomic E-state index is 12.2. The maximum Gasteiger partial charge on any atom is 0.408 e. The molecule has 0 radical (unpaired) electrons. The van der Waals surface area contributed by atoms with Gasteiger partial charge in [0.05, 0.1) is 6.61 Å². The van der Waals surface area contributed by atoms with Crippen LogP contribution in [-0.2, 0) is 20.8 Å². The van der Waals surface area contributed by atoms with E-state index in [9.17, 15) is 18.4 Å². The van der Waals surface area contributed by atoms with E-state index in [0.29, 0.717) is 10.6 Å². The summed E-state index contributed by atoms with van der Waals surface area (Å²) in [6.45, 7) is 1.26. The van der Waals surface area contributed by atoms with Crippen LogP contribution in [0.4, 0.5) is 13.6 Å². The van der Waals surface area contributed by atoms with Gasteiger partial charge >= 0.3 is 12.7 Å². The SMILES string of the molecule is CC(C)(C)OC(=O)N[C@H](COC(F)F)C(=O)NCc1cccc(Cl)c1. The molecule has 0 saturated carbocycles. The van der Waals surface area contributed by atoms with Gasteiger partial charge in [0.25, 0.3) is 0 Å². The van der Waals surface area contributed by atoms with Crippen LogP contribution < -0.4 is 10.6 Å². The summed E-state index contributed by atoms with van der Waals surface area (Å²) in [5.41, 5.74) is -0.0817. The van der Waals surface area contributed by atoms with Crippen molar-refractivity contribution in [2.75, 3.05) is 6.61 Å². The van der Waals surface area contributed by atoms with Gasteiger partial charge in [-0.05, 0) is 38.5 Å². The molecule has 2 N–H and O–H groups in total. The fourth-order valence-electron chi connectivity index (χ4n) is 1.76. The fourth-order valence-corrected chi connectivity index (χ4v) is 1.97. The molecule has 25 heavy (non-hydrogen) atoms. The van der Waals surface area contributed by atoms with Crippen LogP contribution in [0.2, 0.25) is 5.02 Å². The summed E-state index contributed by atoms with van der Waals surface area (Å²) in [5, 5.41) is 5.24. The van der Waals surface area contributed by atoms with Crippen LogP contribution in [-0.4, -0.2) is 36.9 Å². The second kappa shape index (κ2) is 9.53. The molecular formula is C16H21ClF2N2O4. The predicted octanol–water partition coefficient (Wildman–Crippen LogP) is 3.09. The van der Waals surface area contributed by atoms with Gasteiger partial charge in [-0.25, -0.2) is 4.79 Å². The average molecular weight is 379 g/mol. The highest BCUT2D eigenvalue weighted by molar-refractivity contribution is 6.30. The van der Waals surface area contributed by atoms with E-state index >= 15 is 0 Å². The van der Waals surface area contributed by atoms with Crippen molar-refractivity contribution in [2.24, 2.45) is 0 Å². The third-order valence-electron chi connectivity index (χ3n) is 2.75. The molecule has 0 saturated heterocycles. The normalized spacial score (nSPS) is 12.6. The first kappa shape index (κ1) is 21.1. The molecule has 140 valence electrons. The molecule has 2 amide bonds. The number of amides is 2. The predicted molar refractivity (Wildman–Crippen MR) is 88.4 cm³/mol. The van der Waals surface area contributed by atoms with Crippen LogP contribution in [0.15, 0.2) is 24.3 Å². The van der Waals surface area contributed by atoms with Crippen LogP contribution in [0.3, 0.4) is 0 Å². The standard InChI is InChI=1S/C16H21ClF2N2O4/c1-16(2,3)25-15(23)21-12(9-24-14(18)19)13(22)20-8-10-5-4-6-11(17)7-10/h4-7,12,14H,8-9H2,1-3H3,(H,20,22)(H,21,23)/t12-/m1/s1. The van der Waals surface area contributed by atoms with Gasteiger partial charge in [0.15, 0.2) is 0 Å². The summed E-state index contributed by atoms with van der Waals surface area (Å²) >= 11 is 5.85. The third kappa shape index (κ3) is 9.21. The number of ether oxygens (including phenoxy) is 2. The number of carbonyl (C=O) groups is 2. The maximum absolute atomic E-state index is 12.2. The Balaban J connectivity index is 2.66. The molecule has 1 rings (SSSR count). The van der Waals surface area contributed by atoms with Crippen molar-refractivity contribution in [1.29, 1.82) is 0 Å². The molecule has 0 fully saturated rings. The fraction of sp³-hybridized carbons (Fsp3) is 0.500. The number of benzene rings is 1. The highest BCUT2D eigenvalue weighted by Crippen LogP contribution is 2.10. The lowest BCUT2D eigenvalue weighted by Gasteiger charge is -2.23. The summed E-state index contributed by atoms with van der Waals surface area (Å²) in [7, 11) is 0. The van der Waals surface area contributed by atoms with E-state index in [1.807, 2.05) is 0 Å². The Labute approximate surface area is 149 Å². The minimum Gasteiger partial charge on any atom is -0.444 e. The monoisotopic (exact) mass is 378 g/mol. The van der Waals surface area contributed by atoms with Crippen molar-refractivity contribution in [3.8, 4) is 0 Å². The van der Waals surface area contributed by atoms with E-state index in [0.717, 1.165) is 0 Å². The number of nitrogens with one attached hydrogen (secondary N) is 2.